The summed E-state index contributed by atoms with van der Waals surface area (Å²) in [6.45, 7) is 4.31. The topological polar surface area (TPSA) is 66.8 Å². The van der Waals surface area contributed by atoms with Gasteiger partial charge in [-0.1, -0.05) is 31.0 Å². The Morgan fingerprint density at radius 1 is 1.36 bits per heavy atom. The fraction of sp³-hybridized carbons (Fsp3) is 0.333. The third kappa shape index (κ3) is 3.54. The van der Waals surface area contributed by atoms with E-state index in [0.29, 0.717) is 17.1 Å². The molecule has 1 aromatic heterocycles. The average Bonchev–Trinajstić information content (AvgIpc) is 3.27. The van der Waals surface area contributed by atoms with Crippen molar-refractivity contribution in [3.8, 4) is 5.75 Å². The fourth-order valence-electron chi connectivity index (χ4n) is 3.44. The van der Waals surface area contributed by atoms with E-state index in [0.717, 1.165) is 23.3 Å². The van der Waals surface area contributed by atoms with Gasteiger partial charge in [-0.3, -0.25) is 9.59 Å². The lowest BCUT2D eigenvalue weighted by Gasteiger charge is -2.24. The van der Waals surface area contributed by atoms with Crippen LogP contribution in [0.5, 0.6) is 5.75 Å². The van der Waals surface area contributed by atoms with Crippen molar-refractivity contribution in [1.29, 1.82) is 0 Å². The van der Waals surface area contributed by atoms with E-state index in [2.05, 4.69) is 0 Å². The Labute approximate surface area is 173 Å². The molecule has 7 heteroatoms. The molecule has 0 radical (unpaired) electrons. The van der Waals surface area contributed by atoms with Gasteiger partial charge in [-0.2, -0.15) is 0 Å². The molecule has 2 aromatic rings. The molecule has 1 amide bonds. The third-order valence-corrected chi connectivity index (χ3v) is 5.96. The van der Waals surface area contributed by atoms with Crippen molar-refractivity contribution < 1.29 is 19.4 Å². The third-order valence-electron chi connectivity index (χ3n) is 4.75. The number of methoxy groups -OCH3 is 1. The predicted molar refractivity (Wildman–Crippen MR) is 111 cm³/mol. The molecular weight excluding hydrogens is 398 g/mol. The van der Waals surface area contributed by atoms with E-state index in [1.165, 1.54) is 18.4 Å². The summed E-state index contributed by atoms with van der Waals surface area (Å²) in [6.07, 6.45) is 1.66. The highest BCUT2D eigenvalue weighted by molar-refractivity contribution is 7.10. The number of thiophene rings is 1. The van der Waals surface area contributed by atoms with Gasteiger partial charge in [0.15, 0.2) is 0 Å². The lowest BCUT2D eigenvalue weighted by Crippen LogP contribution is -2.30. The molecule has 2 heterocycles. The maximum absolute atomic E-state index is 12.9. The van der Waals surface area contributed by atoms with Gasteiger partial charge in [0.25, 0.3) is 11.7 Å². The highest BCUT2D eigenvalue weighted by Gasteiger charge is 2.46. The predicted octanol–water partition coefficient (Wildman–Crippen LogP) is 4.94. The van der Waals surface area contributed by atoms with E-state index in [1.807, 2.05) is 31.4 Å². The summed E-state index contributed by atoms with van der Waals surface area (Å²) in [5.74, 6) is -1.27. The number of rotatable bonds is 6. The number of halogens is 1. The van der Waals surface area contributed by atoms with Crippen molar-refractivity contribution in [2.45, 2.75) is 32.7 Å². The van der Waals surface area contributed by atoms with Crippen molar-refractivity contribution in [2.24, 2.45) is 0 Å². The number of unbranched alkanes of at least 4 members (excludes halogenated alkanes) is 1. The zero-order chi connectivity index (χ0) is 20.4. The van der Waals surface area contributed by atoms with Crippen LogP contribution in [0.1, 0.15) is 41.8 Å². The number of hydrogen-bond acceptors (Lipinski definition) is 5. The summed E-state index contributed by atoms with van der Waals surface area (Å²) in [5.41, 5.74) is 1.19. The van der Waals surface area contributed by atoms with Crippen molar-refractivity contribution in [3.63, 3.8) is 0 Å². The Bertz CT molecular complexity index is 936. The van der Waals surface area contributed by atoms with Crippen LogP contribution in [-0.2, 0) is 9.59 Å². The first-order valence-electron chi connectivity index (χ1n) is 9.07. The second-order valence-corrected chi connectivity index (χ2v) is 8.08. The van der Waals surface area contributed by atoms with E-state index >= 15 is 0 Å². The van der Waals surface area contributed by atoms with Crippen LogP contribution >= 0.6 is 22.9 Å². The van der Waals surface area contributed by atoms with Gasteiger partial charge in [0, 0.05) is 11.4 Å². The van der Waals surface area contributed by atoms with Gasteiger partial charge in [-0.25, -0.2) is 0 Å². The van der Waals surface area contributed by atoms with E-state index in [9.17, 15) is 14.7 Å². The van der Waals surface area contributed by atoms with Gasteiger partial charge < -0.3 is 14.7 Å². The number of nitrogens with zero attached hydrogens (tertiary/aromatic N) is 1. The van der Waals surface area contributed by atoms with Gasteiger partial charge >= 0.3 is 0 Å². The number of hydrogen-bond donors (Lipinski definition) is 1. The van der Waals surface area contributed by atoms with Crippen LogP contribution in [-0.4, -0.2) is 35.4 Å². The lowest BCUT2D eigenvalue weighted by atomic mass is 9.98. The summed E-state index contributed by atoms with van der Waals surface area (Å²) in [7, 11) is 1.45. The molecule has 0 aliphatic carbocycles. The first-order chi connectivity index (χ1) is 13.4. The van der Waals surface area contributed by atoms with Gasteiger partial charge in [0.05, 0.1) is 29.3 Å². The number of aliphatic hydroxyl groups excluding tert-OH is 1. The Balaban J connectivity index is 2.22. The normalized spacial score (nSPS) is 18.7. The maximum Gasteiger partial charge on any atom is 0.295 e. The number of benzene rings is 1. The molecule has 3 rings (SSSR count). The first-order valence-corrected chi connectivity index (χ1v) is 10.3. The van der Waals surface area contributed by atoms with Crippen LogP contribution in [0.2, 0.25) is 5.02 Å². The smallest absolute Gasteiger partial charge is 0.295 e. The molecule has 0 saturated carbocycles. The Kier molecular flexibility index (Phi) is 6.10. The number of aryl methyl sites for hydroxylation is 1. The zero-order valence-corrected chi connectivity index (χ0v) is 17.6. The molecule has 148 valence electrons. The molecule has 1 fully saturated rings. The number of Topliss-reactive ketones (excluding diaryl/α,β-unsaturated/α-hetero) is 1. The molecule has 1 N–H and O–H groups in total. The minimum atomic E-state index is -0.688. The highest BCUT2D eigenvalue weighted by atomic mass is 35.5. The standard InChI is InChI=1S/C21H22ClNO4S/c1-4-5-8-23-17(15-7-6-9-28-15)16(19(25)21(23)26)18(24)13-10-12(2)11-14(22)20(13)27-3/h6-7,9-11,17,24H,4-5,8H2,1-3H3/b18-16-. The molecule has 5 nitrogen and oxygen atoms in total. The number of ketones is 1. The molecule has 1 aliphatic heterocycles. The summed E-state index contributed by atoms with van der Waals surface area (Å²) < 4.78 is 5.36. The SMILES string of the molecule is CCCCN1C(=O)C(=O)/C(=C(\O)c2cc(C)cc(Cl)c2OC)C1c1cccs1. The van der Waals surface area contributed by atoms with Crippen LogP contribution < -0.4 is 4.74 Å². The van der Waals surface area contributed by atoms with Gasteiger partial charge in [0.1, 0.15) is 11.5 Å². The summed E-state index contributed by atoms with van der Waals surface area (Å²) in [5, 5.41) is 13.3. The Morgan fingerprint density at radius 3 is 2.71 bits per heavy atom. The van der Waals surface area contributed by atoms with Crippen molar-refractivity contribution in [3.05, 3.63) is 56.2 Å². The molecule has 1 aliphatic rings. The van der Waals surface area contributed by atoms with Gasteiger partial charge in [-0.15, -0.1) is 11.3 Å². The Morgan fingerprint density at radius 2 is 2.11 bits per heavy atom. The summed E-state index contributed by atoms with van der Waals surface area (Å²) >= 11 is 7.71. The zero-order valence-electron chi connectivity index (χ0n) is 16.0. The van der Waals surface area contributed by atoms with Crippen LogP contribution in [0.25, 0.3) is 5.76 Å². The first kappa shape index (κ1) is 20.4. The molecular formula is C21H22ClNO4S. The van der Waals surface area contributed by atoms with Crippen molar-refractivity contribution >= 4 is 40.4 Å². The quantitative estimate of drug-likeness (QED) is 0.409. The maximum atomic E-state index is 12.9. The minimum Gasteiger partial charge on any atom is -0.507 e. The van der Waals surface area contributed by atoms with E-state index in [-0.39, 0.29) is 17.1 Å². The lowest BCUT2D eigenvalue weighted by molar-refractivity contribution is -0.139. The summed E-state index contributed by atoms with van der Waals surface area (Å²) in [6, 6.07) is 6.53. The van der Waals surface area contributed by atoms with E-state index in [1.54, 1.807) is 17.0 Å². The molecule has 1 atom stereocenters. The number of amides is 1. The van der Waals surface area contributed by atoms with Gasteiger partial charge in [0.2, 0.25) is 0 Å². The average molecular weight is 420 g/mol. The molecule has 0 spiro atoms. The van der Waals surface area contributed by atoms with Gasteiger partial charge in [-0.05, 0) is 42.5 Å². The monoisotopic (exact) mass is 419 g/mol. The van der Waals surface area contributed by atoms with Crippen LogP contribution in [0, 0.1) is 6.92 Å². The molecule has 1 unspecified atom stereocenters. The number of aliphatic hydroxyl groups is 1. The van der Waals surface area contributed by atoms with Crippen molar-refractivity contribution in [2.75, 3.05) is 13.7 Å². The molecule has 28 heavy (non-hydrogen) atoms. The molecule has 1 aromatic carbocycles. The minimum absolute atomic E-state index is 0.0727. The van der Waals surface area contributed by atoms with E-state index < -0.39 is 17.7 Å². The Hall–Kier alpha value is -2.31. The molecule has 0 bridgehead atoms. The van der Waals surface area contributed by atoms with Crippen LogP contribution in [0.15, 0.2) is 35.2 Å². The number of likely N-dealkylation sites (tertiary alicyclic amines) is 1. The second-order valence-electron chi connectivity index (χ2n) is 6.69. The number of ether oxygens (including phenoxy) is 1. The highest BCUT2D eigenvalue weighted by Crippen LogP contribution is 2.43. The van der Waals surface area contributed by atoms with Crippen LogP contribution in [0.4, 0.5) is 0 Å². The number of carbonyl (C=O) groups excluding carboxylic acids is 2. The van der Waals surface area contributed by atoms with E-state index in [4.69, 9.17) is 16.3 Å². The summed E-state index contributed by atoms with van der Waals surface area (Å²) in [4.78, 5) is 28.0. The van der Waals surface area contributed by atoms with Crippen LogP contribution in [0.3, 0.4) is 0 Å². The second kappa shape index (κ2) is 8.37. The number of carbonyl (C=O) groups is 2. The largest absolute Gasteiger partial charge is 0.507 e. The van der Waals surface area contributed by atoms with Crippen molar-refractivity contribution in [1.82, 2.24) is 4.90 Å². The fourth-order valence-corrected chi connectivity index (χ4v) is 4.64. The molecule has 1 saturated heterocycles.